The number of halogens is 2. The Hall–Kier alpha value is -1.00. The molecule has 1 aliphatic carbocycles. The van der Waals surface area contributed by atoms with Crippen molar-refractivity contribution in [3.63, 3.8) is 0 Å². The highest BCUT2D eigenvalue weighted by Crippen LogP contribution is 2.48. The van der Waals surface area contributed by atoms with Crippen LogP contribution < -0.4 is 0 Å². The van der Waals surface area contributed by atoms with E-state index < -0.39 is 0 Å². The molecule has 1 saturated carbocycles. The summed E-state index contributed by atoms with van der Waals surface area (Å²) in [6, 6.07) is 4.51. The normalized spacial score (nSPS) is 17.9. The van der Waals surface area contributed by atoms with Crippen LogP contribution in [0.2, 0.25) is 5.02 Å². The van der Waals surface area contributed by atoms with E-state index in [2.05, 4.69) is 5.92 Å². The molecule has 0 amide bonds. The summed E-state index contributed by atoms with van der Waals surface area (Å²) in [6.45, 7) is 0. The summed E-state index contributed by atoms with van der Waals surface area (Å²) in [5.41, 5.74) is 0.603. The summed E-state index contributed by atoms with van der Waals surface area (Å²) < 4.78 is 13.0. The topological polar surface area (TPSA) is 0 Å². The van der Waals surface area contributed by atoms with Crippen LogP contribution >= 0.6 is 11.6 Å². The van der Waals surface area contributed by atoms with Gasteiger partial charge in [-0.25, -0.2) is 4.39 Å². The minimum atomic E-state index is -0.316. The smallest absolute Gasteiger partial charge is 0.125 e. The van der Waals surface area contributed by atoms with Crippen LogP contribution in [0.3, 0.4) is 0 Å². The van der Waals surface area contributed by atoms with Crippen molar-refractivity contribution in [3.8, 4) is 12.3 Å². The van der Waals surface area contributed by atoms with Gasteiger partial charge in [0.25, 0.3) is 0 Å². The maximum atomic E-state index is 13.0. The Morgan fingerprint density at radius 1 is 1.38 bits per heavy atom. The van der Waals surface area contributed by atoms with Crippen molar-refractivity contribution in [1.82, 2.24) is 0 Å². The Kier molecular flexibility index (Phi) is 1.82. The van der Waals surface area contributed by atoms with Gasteiger partial charge in [-0.1, -0.05) is 17.5 Å². The average Bonchev–Trinajstić information content (AvgIpc) is 2.82. The van der Waals surface area contributed by atoms with E-state index in [-0.39, 0.29) is 11.2 Å². The lowest BCUT2D eigenvalue weighted by molar-refractivity contribution is 0.624. The molecule has 0 bridgehead atoms. The molecule has 1 fully saturated rings. The van der Waals surface area contributed by atoms with E-state index in [0.717, 1.165) is 18.4 Å². The zero-order valence-corrected chi connectivity index (χ0v) is 7.74. The number of hydrogen-bond donors (Lipinski definition) is 0. The maximum Gasteiger partial charge on any atom is 0.125 e. The van der Waals surface area contributed by atoms with Gasteiger partial charge in [-0.2, -0.15) is 0 Å². The van der Waals surface area contributed by atoms with Gasteiger partial charge < -0.3 is 0 Å². The molecule has 1 aromatic rings. The van der Waals surface area contributed by atoms with Gasteiger partial charge in [0.1, 0.15) is 5.82 Å². The highest BCUT2D eigenvalue weighted by Gasteiger charge is 2.42. The number of terminal acetylenes is 1. The van der Waals surface area contributed by atoms with Crippen LogP contribution in [-0.4, -0.2) is 0 Å². The summed E-state index contributed by atoms with van der Waals surface area (Å²) in [4.78, 5) is 0. The summed E-state index contributed by atoms with van der Waals surface area (Å²) in [7, 11) is 0. The van der Waals surface area contributed by atoms with Crippen molar-refractivity contribution >= 4 is 11.6 Å². The molecule has 0 aromatic heterocycles. The van der Waals surface area contributed by atoms with E-state index in [1.165, 1.54) is 12.1 Å². The lowest BCUT2D eigenvalue weighted by Crippen LogP contribution is -2.02. The Balaban J connectivity index is 2.48. The lowest BCUT2D eigenvalue weighted by atomic mass is 9.97. The van der Waals surface area contributed by atoms with Crippen LogP contribution in [0.1, 0.15) is 18.4 Å². The molecule has 0 heterocycles. The molecule has 1 aromatic carbocycles. The van der Waals surface area contributed by atoms with E-state index >= 15 is 0 Å². The third kappa shape index (κ3) is 1.43. The second-order valence-corrected chi connectivity index (χ2v) is 3.82. The monoisotopic (exact) mass is 194 g/mol. The molecule has 0 N–H and O–H groups in total. The number of hydrogen-bond acceptors (Lipinski definition) is 0. The first-order valence-corrected chi connectivity index (χ1v) is 4.48. The van der Waals surface area contributed by atoms with Crippen molar-refractivity contribution in [1.29, 1.82) is 0 Å². The predicted molar refractivity (Wildman–Crippen MR) is 51.2 cm³/mol. The van der Waals surface area contributed by atoms with Crippen molar-refractivity contribution in [2.24, 2.45) is 0 Å². The zero-order valence-electron chi connectivity index (χ0n) is 6.98. The first kappa shape index (κ1) is 8.59. The molecule has 1 aliphatic rings. The number of benzene rings is 1. The second kappa shape index (κ2) is 2.75. The van der Waals surface area contributed by atoms with Gasteiger partial charge in [-0.15, -0.1) is 6.42 Å². The van der Waals surface area contributed by atoms with E-state index in [1.807, 2.05) is 0 Å². The first-order chi connectivity index (χ1) is 6.16. The fourth-order valence-electron chi connectivity index (χ4n) is 1.47. The molecular formula is C11H8ClF. The van der Waals surface area contributed by atoms with Gasteiger partial charge in [-0.05, 0) is 36.6 Å². The molecule has 0 nitrogen and oxygen atoms in total. The highest BCUT2D eigenvalue weighted by atomic mass is 35.5. The average molecular weight is 195 g/mol. The van der Waals surface area contributed by atoms with Gasteiger partial charge in [0, 0.05) is 5.02 Å². The van der Waals surface area contributed by atoms with Gasteiger partial charge in [0.2, 0.25) is 0 Å². The Morgan fingerprint density at radius 3 is 2.54 bits per heavy atom. The Labute approximate surface area is 81.7 Å². The minimum Gasteiger partial charge on any atom is -0.207 e. The van der Waals surface area contributed by atoms with E-state index in [0.29, 0.717) is 5.02 Å². The van der Waals surface area contributed by atoms with Gasteiger partial charge in [0.15, 0.2) is 0 Å². The van der Waals surface area contributed by atoms with E-state index in [1.54, 1.807) is 6.07 Å². The van der Waals surface area contributed by atoms with E-state index in [4.69, 9.17) is 18.0 Å². The van der Waals surface area contributed by atoms with Crippen LogP contribution in [0.25, 0.3) is 0 Å². The molecule has 13 heavy (non-hydrogen) atoms. The minimum absolute atomic E-state index is 0.230. The highest BCUT2D eigenvalue weighted by molar-refractivity contribution is 6.30. The number of rotatable bonds is 1. The third-order valence-corrected chi connectivity index (χ3v) is 2.66. The lowest BCUT2D eigenvalue weighted by Gasteiger charge is -2.07. The van der Waals surface area contributed by atoms with E-state index in [9.17, 15) is 4.39 Å². The molecular weight excluding hydrogens is 187 g/mol. The zero-order chi connectivity index (χ0) is 9.47. The fourth-order valence-corrected chi connectivity index (χ4v) is 1.69. The van der Waals surface area contributed by atoms with Gasteiger partial charge in [0.05, 0.1) is 5.41 Å². The molecule has 66 valence electrons. The van der Waals surface area contributed by atoms with Crippen molar-refractivity contribution in [2.75, 3.05) is 0 Å². The second-order valence-electron chi connectivity index (χ2n) is 3.38. The molecule has 0 radical (unpaired) electrons. The van der Waals surface area contributed by atoms with Gasteiger partial charge in [-0.3, -0.25) is 0 Å². The van der Waals surface area contributed by atoms with Crippen LogP contribution in [-0.2, 0) is 5.41 Å². The molecule has 2 heteroatoms. The van der Waals surface area contributed by atoms with Crippen LogP contribution in [0.4, 0.5) is 4.39 Å². The summed E-state index contributed by atoms with van der Waals surface area (Å²) in [5.74, 6) is 2.38. The van der Waals surface area contributed by atoms with Crippen LogP contribution in [0.15, 0.2) is 18.2 Å². The largest absolute Gasteiger partial charge is 0.207 e. The van der Waals surface area contributed by atoms with Crippen molar-refractivity contribution < 1.29 is 4.39 Å². The molecule has 0 atom stereocenters. The molecule has 2 rings (SSSR count). The molecule has 0 aliphatic heterocycles. The van der Waals surface area contributed by atoms with Crippen molar-refractivity contribution in [2.45, 2.75) is 18.3 Å². The summed E-state index contributed by atoms with van der Waals surface area (Å²) in [5, 5.41) is 0.413. The fraction of sp³-hybridized carbons (Fsp3) is 0.273. The predicted octanol–water partition coefficient (Wildman–Crippen LogP) is 3.14. The van der Waals surface area contributed by atoms with Crippen LogP contribution in [0, 0.1) is 18.2 Å². The maximum absolute atomic E-state index is 13.0. The summed E-state index contributed by atoms with van der Waals surface area (Å²) in [6.07, 6.45) is 7.25. The molecule has 0 saturated heterocycles. The first-order valence-electron chi connectivity index (χ1n) is 4.11. The summed E-state index contributed by atoms with van der Waals surface area (Å²) >= 11 is 5.73. The van der Waals surface area contributed by atoms with Crippen LogP contribution in [0.5, 0.6) is 0 Å². The third-order valence-electron chi connectivity index (χ3n) is 2.44. The standard InChI is InChI=1S/C11H8ClF/c1-2-11(3-4-11)8-5-9(12)7-10(13)6-8/h1,5-7H,3-4H2. The molecule has 0 spiro atoms. The Bertz CT molecular complexity index is 365. The van der Waals surface area contributed by atoms with Gasteiger partial charge >= 0.3 is 0 Å². The molecule has 0 unspecified atom stereocenters. The Morgan fingerprint density at radius 2 is 2.08 bits per heavy atom. The quantitative estimate of drug-likeness (QED) is 0.603. The SMILES string of the molecule is C#CC1(c2cc(F)cc(Cl)c2)CC1. The van der Waals surface area contributed by atoms with Crippen molar-refractivity contribution in [3.05, 3.63) is 34.6 Å².